The van der Waals surface area contributed by atoms with Crippen LogP contribution in [0.5, 0.6) is 0 Å². The van der Waals surface area contributed by atoms with Gasteiger partial charge in [0.1, 0.15) is 0 Å². The van der Waals surface area contributed by atoms with Crippen molar-refractivity contribution < 1.29 is 19.5 Å². The highest BCUT2D eigenvalue weighted by Gasteiger charge is 2.41. The van der Waals surface area contributed by atoms with Gasteiger partial charge in [0.2, 0.25) is 0 Å². The minimum Gasteiger partial charge on any atom is -0.464 e. The van der Waals surface area contributed by atoms with E-state index in [-0.39, 0.29) is 17.7 Å². The van der Waals surface area contributed by atoms with E-state index in [0.29, 0.717) is 10.6 Å². The van der Waals surface area contributed by atoms with Crippen molar-refractivity contribution in [3.63, 3.8) is 0 Å². The van der Waals surface area contributed by atoms with Crippen LogP contribution < -0.4 is 0 Å². The number of aromatic nitrogens is 1. The highest BCUT2D eigenvalue weighted by atomic mass is 16.4. The number of benzene rings is 2. The van der Waals surface area contributed by atoms with Crippen molar-refractivity contribution >= 4 is 28.8 Å². The van der Waals surface area contributed by atoms with E-state index >= 15 is 0 Å². The molecule has 7 heteroatoms. The summed E-state index contributed by atoms with van der Waals surface area (Å²) in [5, 5.41) is 11.9. The van der Waals surface area contributed by atoms with E-state index in [2.05, 4.69) is 4.98 Å². The molecule has 0 bridgehead atoms. The lowest BCUT2D eigenvalue weighted by Gasteiger charge is -2.27. The number of nitrogens with one attached hydrogen (secondary N) is 1. The first-order valence-corrected chi connectivity index (χ1v) is 7.61. The molecule has 1 aromatic heterocycles. The predicted octanol–water partition coefficient (Wildman–Crippen LogP) is 2.86. The number of nitrogens with zero attached hydrogens (tertiary/aromatic N) is 2. The highest BCUT2D eigenvalue weighted by Crippen LogP contribution is 2.27. The van der Waals surface area contributed by atoms with Crippen molar-refractivity contribution in [2.75, 3.05) is 0 Å². The fraction of sp³-hybridized carbons (Fsp3) is 0.0556. The molecule has 2 aromatic carbocycles. The number of fused-ring (bicyclic) bond motifs is 2. The number of carbonyl (C=O) groups is 3. The van der Waals surface area contributed by atoms with Crippen LogP contribution in [0.25, 0.3) is 10.9 Å². The SMILES string of the molecule is O=C(O)N(Cc1c[nH]c2ccccc12)N1C(=O)c2ccccc2C1=O. The monoisotopic (exact) mass is 335 g/mol. The molecule has 7 nitrogen and oxygen atoms in total. The first kappa shape index (κ1) is 14.9. The van der Waals surface area contributed by atoms with Gasteiger partial charge in [-0.3, -0.25) is 9.59 Å². The molecule has 25 heavy (non-hydrogen) atoms. The van der Waals surface area contributed by atoms with Crippen LogP contribution in [-0.2, 0) is 6.54 Å². The summed E-state index contributed by atoms with van der Waals surface area (Å²) in [6, 6.07) is 13.7. The van der Waals surface area contributed by atoms with E-state index in [1.807, 2.05) is 24.3 Å². The summed E-state index contributed by atoms with van der Waals surface area (Å²) in [4.78, 5) is 39.9. The standard InChI is InChI=1S/C18H13N3O4/c22-16-13-6-1-2-7-14(13)17(23)21(16)20(18(24)25)10-11-9-19-15-8-4-3-5-12(11)15/h1-9,19H,10H2,(H,24,25). The van der Waals surface area contributed by atoms with E-state index in [0.717, 1.165) is 15.9 Å². The van der Waals surface area contributed by atoms with Crippen molar-refractivity contribution in [2.24, 2.45) is 0 Å². The van der Waals surface area contributed by atoms with Crippen LogP contribution in [-0.4, -0.2) is 38.0 Å². The average Bonchev–Trinajstić information content (AvgIpc) is 3.13. The van der Waals surface area contributed by atoms with Gasteiger partial charge in [0.25, 0.3) is 11.8 Å². The zero-order valence-electron chi connectivity index (χ0n) is 13.0. The van der Waals surface area contributed by atoms with Gasteiger partial charge >= 0.3 is 6.09 Å². The number of carbonyl (C=O) groups excluding carboxylic acids is 2. The average molecular weight is 335 g/mol. The molecule has 0 radical (unpaired) electrons. The van der Waals surface area contributed by atoms with E-state index in [1.54, 1.807) is 18.3 Å². The Kier molecular flexibility index (Phi) is 3.28. The van der Waals surface area contributed by atoms with Crippen LogP contribution in [0.1, 0.15) is 26.3 Å². The second kappa shape index (κ2) is 5.48. The van der Waals surface area contributed by atoms with Crippen LogP contribution in [0.2, 0.25) is 0 Å². The van der Waals surface area contributed by atoms with E-state index in [4.69, 9.17) is 0 Å². The molecule has 0 aliphatic carbocycles. The Morgan fingerprint density at radius 3 is 2.24 bits per heavy atom. The van der Waals surface area contributed by atoms with Crippen LogP contribution in [0.4, 0.5) is 4.79 Å². The summed E-state index contributed by atoms with van der Waals surface area (Å²) in [7, 11) is 0. The van der Waals surface area contributed by atoms with Gasteiger partial charge in [-0.05, 0) is 23.8 Å². The molecule has 3 amide bonds. The molecule has 1 aliphatic rings. The van der Waals surface area contributed by atoms with Gasteiger partial charge in [0, 0.05) is 17.1 Å². The number of rotatable bonds is 3. The number of carboxylic acid groups (broad SMARTS) is 1. The molecule has 0 saturated carbocycles. The summed E-state index contributed by atoms with van der Waals surface area (Å²) in [5.74, 6) is -1.27. The largest absolute Gasteiger partial charge is 0.464 e. The number of hydrogen-bond donors (Lipinski definition) is 2. The number of amides is 3. The fourth-order valence-corrected chi connectivity index (χ4v) is 3.04. The molecular weight excluding hydrogens is 322 g/mol. The number of hydrogen-bond acceptors (Lipinski definition) is 3. The lowest BCUT2D eigenvalue weighted by molar-refractivity contribution is 0.00341. The molecule has 4 rings (SSSR count). The van der Waals surface area contributed by atoms with Crippen LogP contribution in [0, 0.1) is 0 Å². The second-order valence-corrected chi connectivity index (χ2v) is 5.67. The fourth-order valence-electron chi connectivity index (χ4n) is 3.04. The Hall–Kier alpha value is -3.61. The smallest absolute Gasteiger partial charge is 0.427 e. The number of para-hydroxylation sites is 1. The maximum absolute atomic E-state index is 12.5. The molecule has 2 N–H and O–H groups in total. The molecule has 0 spiro atoms. The van der Waals surface area contributed by atoms with Crippen molar-refractivity contribution in [2.45, 2.75) is 6.54 Å². The Morgan fingerprint density at radius 2 is 1.60 bits per heavy atom. The lowest BCUT2D eigenvalue weighted by atomic mass is 10.1. The third-order valence-electron chi connectivity index (χ3n) is 4.23. The molecular formula is C18H13N3O4. The summed E-state index contributed by atoms with van der Waals surface area (Å²) in [5.41, 5.74) is 1.94. The van der Waals surface area contributed by atoms with Gasteiger partial charge in [-0.15, -0.1) is 0 Å². The molecule has 0 atom stereocenters. The van der Waals surface area contributed by atoms with Crippen molar-refractivity contribution in [1.82, 2.24) is 15.0 Å². The second-order valence-electron chi connectivity index (χ2n) is 5.67. The van der Waals surface area contributed by atoms with E-state index in [9.17, 15) is 19.5 Å². The van der Waals surface area contributed by atoms with Gasteiger partial charge in [-0.25, -0.2) is 9.80 Å². The first-order chi connectivity index (χ1) is 12.1. The Morgan fingerprint density at radius 1 is 1.00 bits per heavy atom. The van der Waals surface area contributed by atoms with Crippen LogP contribution >= 0.6 is 0 Å². The van der Waals surface area contributed by atoms with Crippen LogP contribution in [0.3, 0.4) is 0 Å². The van der Waals surface area contributed by atoms with E-state index in [1.165, 1.54) is 12.1 Å². The third kappa shape index (κ3) is 2.25. The third-order valence-corrected chi connectivity index (χ3v) is 4.23. The predicted molar refractivity (Wildman–Crippen MR) is 88.8 cm³/mol. The summed E-state index contributed by atoms with van der Waals surface area (Å²) in [6.45, 7) is -0.120. The Balaban J connectivity index is 1.73. The van der Waals surface area contributed by atoms with Crippen molar-refractivity contribution in [1.29, 1.82) is 0 Å². The maximum atomic E-state index is 12.5. The molecule has 0 saturated heterocycles. The molecule has 2 heterocycles. The summed E-state index contributed by atoms with van der Waals surface area (Å²) in [6.07, 6.45) is 0.304. The lowest BCUT2D eigenvalue weighted by Crippen LogP contribution is -2.48. The quantitative estimate of drug-likeness (QED) is 0.720. The van der Waals surface area contributed by atoms with Crippen molar-refractivity contribution in [3.05, 3.63) is 71.4 Å². The van der Waals surface area contributed by atoms with Gasteiger partial charge < -0.3 is 10.1 Å². The first-order valence-electron chi connectivity index (χ1n) is 7.61. The minimum atomic E-state index is -1.38. The number of hydrazine groups is 1. The molecule has 1 aliphatic heterocycles. The number of H-pyrrole nitrogens is 1. The van der Waals surface area contributed by atoms with Crippen molar-refractivity contribution in [3.8, 4) is 0 Å². The normalized spacial score (nSPS) is 13.4. The van der Waals surface area contributed by atoms with Gasteiger partial charge in [-0.1, -0.05) is 30.3 Å². The molecule has 3 aromatic rings. The number of imide groups is 1. The Bertz CT molecular complexity index is 989. The van der Waals surface area contributed by atoms with E-state index < -0.39 is 17.9 Å². The summed E-state index contributed by atoms with van der Waals surface area (Å²) < 4.78 is 0. The number of aromatic amines is 1. The molecule has 0 fully saturated rings. The molecule has 124 valence electrons. The minimum absolute atomic E-state index is 0.120. The zero-order chi connectivity index (χ0) is 17.6. The molecule has 0 unspecified atom stereocenters. The topological polar surface area (TPSA) is 93.7 Å². The van der Waals surface area contributed by atoms with Gasteiger partial charge in [0.15, 0.2) is 0 Å². The van der Waals surface area contributed by atoms with Gasteiger partial charge in [-0.2, -0.15) is 5.01 Å². The summed E-state index contributed by atoms with van der Waals surface area (Å²) >= 11 is 0. The maximum Gasteiger partial charge on any atom is 0.427 e. The Labute approximate surface area is 142 Å². The van der Waals surface area contributed by atoms with Gasteiger partial charge in [0.05, 0.1) is 17.7 Å². The van der Waals surface area contributed by atoms with Crippen LogP contribution in [0.15, 0.2) is 54.7 Å². The zero-order valence-corrected chi connectivity index (χ0v) is 13.0. The highest BCUT2D eigenvalue weighted by molar-refractivity contribution is 6.21.